The molecule has 0 radical (unpaired) electrons. The minimum Gasteiger partial charge on any atom is -0.496 e. The number of rotatable bonds is 7. The Balaban J connectivity index is 3.17. The number of hydrogen-bond acceptors (Lipinski definition) is 4. The topological polar surface area (TPSA) is 53.7 Å². The summed E-state index contributed by atoms with van der Waals surface area (Å²) in [6, 6.07) is 3.47. The summed E-state index contributed by atoms with van der Waals surface area (Å²) in [5.41, 5.74) is 7.04. The molecule has 1 rings (SSSR count). The maximum Gasteiger partial charge on any atom is 0.131 e. The zero-order valence-electron chi connectivity index (χ0n) is 11.2. The average molecular weight is 251 g/mol. The van der Waals surface area contributed by atoms with E-state index in [2.05, 4.69) is 6.58 Å². The van der Waals surface area contributed by atoms with Gasteiger partial charge in [-0.25, -0.2) is 0 Å². The number of allylic oxidation sites excluding steroid dienone is 1. The first-order chi connectivity index (χ1) is 8.67. The van der Waals surface area contributed by atoms with E-state index in [1.807, 2.05) is 18.2 Å². The first-order valence-electron chi connectivity index (χ1n) is 5.84. The van der Waals surface area contributed by atoms with Crippen LogP contribution >= 0.6 is 0 Å². The van der Waals surface area contributed by atoms with E-state index >= 15 is 0 Å². The lowest BCUT2D eigenvalue weighted by molar-refractivity contribution is 0.362. The molecule has 4 nitrogen and oxygen atoms in total. The molecule has 1 atom stereocenters. The largest absolute Gasteiger partial charge is 0.496 e. The quantitative estimate of drug-likeness (QED) is 0.757. The molecule has 1 aromatic carbocycles. The van der Waals surface area contributed by atoms with Gasteiger partial charge in [0, 0.05) is 18.2 Å². The molecule has 0 heterocycles. The van der Waals surface area contributed by atoms with Gasteiger partial charge < -0.3 is 19.9 Å². The molecule has 0 amide bonds. The number of benzene rings is 1. The van der Waals surface area contributed by atoms with Crippen LogP contribution in [0.5, 0.6) is 17.2 Å². The summed E-state index contributed by atoms with van der Waals surface area (Å²) in [6.07, 6.45) is 3.49. The van der Waals surface area contributed by atoms with Gasteiger partial charge in [-0.1, -0.05) is 6.08 Å². The van der Waals surface area contributed by atoms with E-state index in [0.29, 0.717) is 17.2 Å². The molecule has 100 valence electrons. The minimum absolute atomic E-state index is 0.154. The molecule has 1 aromatic rings. The van der Waals surface area contributed by atoms with Gasteiger partial charge in [0.1, 0.15) is 17.2 Å². The summed E-state index contributed by atoms with van der Waals surface area (Å²) in [7, 11) is 4.82. The second-order valence-corrected chi connectivity index (χ2v) is 3.92. The monoisotopic (exact) mass is 251 g/mol. The van der Waals surface area contributed by atoms with Gasteiger partial charge in [0.15, 0.2) is 0 Å². The highest BCUT2D eigenvalue weighted by atomic mass is 16.5. The van der Waals surface area contributed by atoms with Crippen LogP contribution in [0.25, 0.3) is 0 Å². The van der Waals surface area contributed by atoms with Crippen molar-refractivity contribution >= 4 is 0 Å². The van der Waals surface area contributed by atoms with Gasteiger partial charge in [0.2, 0.25) is 0 Å². The van der Waals surface area contributed by atoms with Crippen molar-refractivity contribution in [2.75, 3.05) is 21.3 Å². The molecule has 0 aliphatic rings. The minimum atomic E-state index is -0.154. The molecule has 0 fully saturated rings. The fraction of sp³-hybridized carbons (Fsp3) is 0.429. The van der Waals surface area contributed by atoms with Gasteiger partial charge >= 0.3 is 0 Å². The second kappa shape index (κ2) is 6.91. The molecule has 0 aliphatic heterocycles. The second-order valence-electron chi connectivity index (χ2n) is 3.92. The molecule has 0 saturated heterocycles. The van der Waals surface area contributed by atoms with E-state index in [4.69, 9.17) is 19.9 Å². The number of ether oxygens (including phenoxy) is 3. The Hall–Kier alpha value is -1.68. The van der Waals surface area contributed by atoms with Crippen LogP contribution in [0.15, 0.2) is 24.8 Å². The summed E-state index contributed by atoms with van der Waals surface area (Å²) >= 11 is 0. The van der Waals surface area contributed by atoms with E-state index in [1.165, 1.54) is 0 Å². The van der Waals surface area contributed by atoms with E-state index < -0.39 is 0 Å². The van der Waals surface area contributed by atoms with Crippen LogP contribution in [0.1, 0.15) is 24.4 Å². The zero-order valence-corrected chi connectivity index (χ0v) is 11.2. The lowest BCUT2D eigenvalue weighted by Gasteiger charge is -2.19. The van der Waals surface area contributed by atoms with Crippen LogP contribution in [0.4, 0.5) is 0 Å². The predicted molar refractivity (Wildman–Crippen MR) is 72.5 cm³/mol. The van der Waals surface area contributed by atoms with Gasteiger partial charge in [-0.2, -0.15) is 0 Å². The highest BCUT2D eigenvalue weighted by Gasteiger charge is 2.18. The van der Waals surface area contributed by atoms with Gasteiger partial charge in [-0.3, -0.25) is 0 Å². The first kappa shape index (κ1) is 14.4. The Labute approximate surface area is 108 Å². The Morgan fingerprint density at radius 3 is 2.11 bits per heavy atom. The summed E-state index contributed by atoms with van der Waals surface area (Å²) in [6.45, 7) is 3.70. The fourth-order valence-corrected chi connectivity index (χ4v) is 1.84. The number of methoxy groups -OCH3 is 3. The third kappa shape index (κ3) is 3.17. The Morgan fingerprint density at radius 2 is 1.72 bits per heavy atom. The number of nitrogens with two attached hydrogens (primary N) is 1. The molecule has 2 N–H and O–H groups in total. The normalized spacial score (nSPS) is 11.8. The van der Waals surface area contributed by atoms with Gasteiger partial charge in [-0.15, -0.1) is 6.58 Å². The van der Waals surface area contributed by atoms with Crippen molar-refractivity contribution in [2.45, 2.75) is 18.9 Å². The Morgan fingerprint density at radius 1 is 1.17 bits per heavy atom. The van der Waals surface area contributed by atoms with E-state index in [9.17, 15) is 0 Å². The molecule has 0 aliphatic carbocycles. The highest BCUT2D eigenvalue weighted by molar-refractivity contribution is 5.52. The van der Waals surface area contributed by atoms with Crippen molar-refractivity contribution in [1.29, 1.82) is 0 Å². The standard InChI is InChI=1S/C14H21NO3/c1-5-6-7-11(15)14-12(17-3)8-10(16-2)9-13(14)18-4/h5,8-9,11H,1,6-7,15H2,2-4H3/t11-/m1/s1. The van der Waals surface area contributed by atoms with Crippen LogP contribution in [-0.4, -0.2) is 21.3 Å². The lowest BCUT2D eigenvalue weighted by Crippen LogP contribution is -2.13. The third-order valence-electron chi connectivity index (χ3n) is 2.81. The summed E-state index contributed by atoms with van der Waals surface area (Å²) < 4.78 is 15.9. The maximum atomic E-state index is 6.18. The van der Waals surface area contributed by atoms with Crippen LogP contribution < -0.4 is 19.9 Å². The molecule has 0 spiro atoms. The maximum absolute atomic E-state index is 6.18. The summed E-state index contributed by atoms with van der Waals surface area (Å²) in [5.74, 6) is 2.05. The van der Waals surface area contributed by atoms with E-state index in [-0.39, 0.29) is 6.04 Å². The first-order valence-corrected chi connectivity index (χ1v) is 5.84. The van der Waals surface area contributed by atoms with Crippen LogP contribution in [0.2, 0.25) is 0 Å². The Bertz CT molecular complexity index is 379. The van der Waals surface area contributed by atoms with Crippen molar-refractivity contribution < 1.29 is 14.2 Å². The van der Waals surface area contributed by atoms with Crippen LogP contribution in [-0.2, 0) is 0 Å². The summed E-state index contributed by atoms with van der Waals surface area (Å²) in [5, 5.41) is 0. The average Bonchev–Trinajstić information content (AvgIpc) is 2.42. The molecular formula is C14H21NO3. The van der Waals surface area contributed by atoms with Crippen LogP contribution in [0.3, 0.4) is 0 Å². The van der Waals surface area contributed by atoms with Crippen LogP contribution in [0, 0.1) is 0 Å². The fourth-order valence-electron chi connectivity index (χ4n) is 1.84. The van der Waals surface area contributed by atoms with Gasteiger partial charge in [0.25, 0.3) is 0 Å². The van der Waals surface area contributed by atoms with E-state index in [0.717, 1.165) is 18.4 Å². The molecule has 18 heavy (non-hydrogen) atoms. The molecule has 0 bridgehead atoms. The Kier molecular flexibility index (Phi) is 5.52. The molecule has 0 aromatic heterocycles. The lowest BCUT2D eigenvalue weighted by atomic mass is 10.0. The zero-order chi connectivity index (χ0) is 13.5. The molecule has 0 unspecified atom stereocenters. The molecule has 0 saturated carbocycles. The predicted octanol–water partition coefficient (Wildman–Crippen LogP) is 2.68. The molecule has 4 heteroatoms. The van der Waals surface area contributed by atoms with Crippen molar-refractivity contribution in [3.8, 4) is 17.2 Å². The highest BCUT2D eigenvalue weighted by Crippen LogP contribution is 2.38. The van der Waals surface area contributed by atoms with Crippen molar-refractivity contribution in [2.24, 2.45) is 5.73 Å². The van der Waals surface area contributed by atoms with Crippen molar-refractivity contribution in [1.82, 2.24) is 0 Å². The van der Waals surface area contributed by atoms with Crippen molar-refractivity contribution in [3.05, 3.63) is 30.4 Å². The summed E-state index contributed by atoms with van der Waals surface area (Å²) in [4.78, 5) is 0. The van der Waals surface area contributed by atoms with Gasteiger partial charge in [-0.05, 0) is 12.8 Å². The van der Waals surface area contributed by atoms with Crippen molar-refractivity contribution in [3.63, 3.8) is 0 Å². The van der Waals surface area contributed by atoms with E-state index in [1.54, 1.807) is 21.3 Å². The smallest absolute Gasteiger partial charge is 0.131 e. The SMILES string of the molecule is C=CCC[C@@H](N)c1c(OC)cc(OC)cc1OC. The van der Waals surface area contributed by atoms with Gasteiger partial charge in [0.05, 0.1) is 26.9 Å². The molecular weight excluding hydrogens is 230 g/mol. The number of hydrogen-bond donors (Lipinski definition) is 1. The third-order valence-corrected chi connectivity index (χ3v) is 2.81.